The quantitative estimate of drug-likeness (QED) is 0.511. The summed E-state index contributed by atoms with van der Waals surface area (Å²) in [5.41, 5.74) is -0.0982. The standard InChI is InChI=1S/C17H31N5O3S2/c1-5-18-16(21-13-15-20-12-14(25-15)17(2,3)4)19-6-11-27(23,24)22-7-9-26-10-8-22/h12H,5-11,13H2,1-4H3,(H2,18,19,21). The molecule has 0 radical (unpaired) electrons. The molecule has 0 unspecified atom stereocenters. The summed E-state index contributed by atoms with van der Waals surface area (Å²) in [5, 5.41) is 6.19. The highest BCUT2D eigenvalue weighted by Crippen LogP contribution is 2.22. The predicted molar refractivity (Wildman–Crippen MR) is 111 cm³/mol. The molecule has 1 aliphatic rings. The number of sulfonamides is 1. The van der Waals surface area contributed by atoms with Crippen molar-refractivity contribution in [3.05, 3.63) is 17.8 Å². The number of guanidine groups is 1. The Balaban J connectivity index is 1.88. The van der Waals surface area contributed by atoms with E-state index in [0.29, 0.717) is 44.6 Å². The van der Waals surface area contributed by atoms with Gasteiger partial charge < -0.3 is 15.1 Å². The zero-order valence-electron chi connectivity index (χ0n) is 16.6. The molecule has 1 saturated heterocycles. The van der Waals surface area contributed by atoms with Crippen molar-refractivity contribution >= 4 is 27.7 Å². The van der Waals surface area contributed by atoms with E-state index in [1.807, 2.05) is 6.92 Å². The molecule has 2 N–H and O–H groups in total. The van der Waals surface area contributed by atoms with Gasteiger partial charge in [0.15, 0.2) is 5.96 Å². The van der Waals surface area contributed by atoms with E-state index in [-0.39, 0.29) is 11.2 Å². The van der Waals surface area contributed by atoms with Gasteiger partial charge in [-0.05, 0) is 6.92 Å². The predicted octanol–water partition coefficient (Wildman–Crippen LogP) is 1.41. The van der Waals surface area contributed by atoms with Gasteiger partial charge in [-0.25, -0.2) is 22.7 Å². The van der Waals surface area contributed by atoms with Crippen molar-refractivity contribution in [2.24, 2.45) is 4.99 Å². The Kier molecular flexibility index (Phi) is 7.99. The van der Waals surface area contributed by atoms with Crippen LogP contribution in [0.25, 0.3) is 0 Å². The molecule has 1 aromatic rings. The molecule has 1 aromatic heterocycles. The van der Waals surface area contributed by atoms with Crippen molar-refractivity contribution < 1.29 is 12.8 Å². The van der Waals surface area contributed by atoms with Crippen LogP contribution in [0.2, 0.25) is 0 Å². The molecule has 0 aliphatic carbocycles. The van der Waals surface area contributed by atoms with E-state index in [2.05, 4.69) is 41.4 Å². The average Bonchev–Trinajstić information content (AvgIpc) is 3.10. The lowest BCUT2D eigenvalue weighted by atomic mass is 9.94. The van der Waals surface area contributed by atoms with Gasteiger partial charge in [0.1, 0.15) is 12.3 Å². The molecule has 0 atom stereocenters. The van der Waals surface area contributed by atoms with E-state index in [9.17, 15) is 8.42 Å². The summed E-state index contributed by atoms with van der Waals surface area (Å²) >= 11 is 1.79. The summed E-state index contributed by atoms with van der Waals surface area (Å²) in [6, 6.07) is 0. The zero-order valence-corrected chi connectivity index (χ0v) is 18.3. The van der Waals surface area contributed by atoms with Gasteiger partial charge >= 0.3 is 0 Å². The van der Waals surface area contributed by atoms with E-state index < -0.39 is 10.0 Å². The second-order valence-corrected chi connectivity index (χ2v) is 10.6. The minimum absolute atomic E-state index is 0.0508. The van der Waals surface area contributed by atoms with Crippen LogP contribution < -0.4 is 10.6 Å². The Bertz CT molecular complexity index is 719. The average molecular weight is 418 g/mol. The lowest BCUT2D eigenvalue weighted by molar-refractivity contribution is 0.383. The summed E-state index contributed by atoms with van der Waals surface area (Å²) in [6.45, 7) is 10.6. The highest BCUT2D eigenvalue weighted by atomic mass is 32.2. The normalized spacial score (nSPS) is 17.1. The third-order valence-corrected chi connectivity index (χ3v) is 6.84. The van der Waals surface area contributed by atoms with Gasteiger partial charge in [0.05, 0.1) is 11.9 Å². The molecule has 27 heavy (non-hydrogen) atoms. The zero-order chi connectivity index (χ0) is 19.9. The number of rotatable bonds is 7. The molecule has 0 spiro atoms. The lowest BCUT2D eigenvalue weighted by Gasteiger charge is -2.25. The first-order chi connectivity index (χ1) is 12.7. The summed E-state index contributed by atoms with van der Waals surface area (Å²) in [6.07, 6.45) is 1.73. The Morgan fingerprint density at radius 3 is 2.63 bits per heavy atom. The highest BCUT2D eigenvalue weighted by Gasteiger charge is 2.23. The highest BCUT2D eigenvalue weighted by molar-refractivity contribution is 7.99. The van der Waals surface area contributed by atoms with E-state index in [0.717, 1.165) is 17.3 Å². The van der Waals surface area contributed by atoms with Gasteiger partial charge in [0, 0.05) is 43.1 Å². The number of aliphatic imine (C=N–C) groups is 1. The molecule has 0 amide bonds. The van der Waals surface area contributed by atoms with Crippen molar-refractivity contribution in [3.63, 3.8) is 0 Å². The first-order valence-electron chi connectivity index (χ1n) is 9.25. The van der Waals surface area contributed by atoms with Gasteiger partial charge in [-0.1, -0.05) is 20.8 Å². The smallest absolute Gasteiger partial charge is 0.216 e. The fraction of sp³-hybridized carbons (Fsp3) is 0.765. The Hall–Kier alpha value is -1.26. The van der Waals surface area contributed by atoms with Crippen LogP contribution in [0.3, 0.4) is 0 Å². The molecule has 8 nitrogen and oxygen atoms in total. The van der Waals surface area contributed by atoms with Crippen LogP contribution in [0.15, 0.2) is 15.6 Å². The maximum absolute atomic E-state index is 12.4. The molecule has 1 fully saturated rings. The van der Waals surface area contributed by atoms with E-state index in [4.69, 9.17) is 4.42 Å². The molecule has 2 rings (SSSR count). The van der Waals surface area contributed by atoms with Crippen molar-refractivity contribution in [3.8, 4) is 0 Å². The van der Waals surface area contributed by atoms with E-state index in [1.165, 1.54) is 0 Å². The second kappa shape index (κ2) is 9.79. The van der Waals surface area contributed by atoms with Crippen LogP contribution in [0.1, 0.15) is 39.3 Å². The number of hydrogen-bond donors (Lipinski definition) is 2. The summed E-state index contributed by atoms with van der Waals surface area (Å²) in [5.74, 6) is 3.69. The topological polar surface area (TPSA) is 99.8 Å². The van der Waals surface area contributed by atoms with Gasteiger partial charge in [-0.2, -0.15) is 11.8 Å². The molecule has 154 valence electrons. The first-order valence-corrected chi connectivity index (χ1v) is 12.0. The van der Waals surface area contributed by atoms with Crippen molar-refractivity contribution in [2.45, 2.75) is 39.7 Å². The molecule has 0 aromatic carbocycles. The SMILES string of the molecule is CCNC(=NCc1ncc(C(C)(C)C)o1)NCCS(=O)(=O)N1CCSCC1. The Morgan fingerprint density at radius 1 is 1.33 bits per heavy atom. The third-order valence-electron chi connectivity index (χ3n) is 4.03. The minimum Gasteiger partial charge on any atom is -0.443 e. The van der Waals surface area contributed by atoms with Crippen LogP contribution in [-0.4, -0.2) is 67.1 Å². The Morgan fingerprint density at radius 2 is 2.04 bits per heavy atom. The maximum Gasteiger partial charge on any atom is 0.216 e. The van der Waals surface area contributed by atoms with Gasteiger partial charge in [-0.3, -0.25) is 0 Å². The van der Waals surface area contributed by atoms with Crippen molar-refractivity contribution in [2.75, 3.05) is 43.4 Å². The van der Waals surface area contributed by atoms with Crippen LogP contribution in [0.4, 0.5) is 0 Å². The van der Waals surface area contributed by atoms with E-state index in [1.54, 1.807) is 22.3 Å². The number of aromatic nitrogens is 1. The molecule has 0 bridgehead atoms. The monoisotopic (exact) mass is 417 g/mol. The maximum atomic E-state index is 12.4. The first kappa shape index (κ1) is 22.0. The largest absolute Gasteiger partial charge is 0.443 e. The van der Waals surface area contributed by atoms with Gasteiger partial charge in [0.2, 0.25) is 15.9 Å². The molecule has 1 aliphatic heterocycles. The molecule has 10 heteroatoms. The fourth-order valence-corrected chi connectivity index (χ4v) is 4.96. The van der Waals surface area contributed by atoms with Crippen LogP contribution in [-0.2, 0) is 22.0 Å². The number of nitrogens with one attached hydrogen (secondary N) is 2. The van der Waals surface area contributed by atoms with E-state index >= 15 is 0 Å². The van der Waals surface area contributed by atoms with Crippen LogP contribution in [0, 0.1) is 0 Å². The molecule has 2 heterocycles. The molecular formula is C17H31N5O3S2. The van der Waals surface area contributed by atoms with Crippen molar-refractivity contribution in [1.82, 2.24) is 19.9 Å². The molecular weight excluding hydrogens is 386 g/mol. The summed E-state index contributed by atoms with van der Waals surface area (Å²) in [7, 11) is -3.23. The van der Waals surface area contributed by atoms with Gasteiger partial charge in [0.25, 0.3) is 0 Å². The van der Waals surface area contributed by atoms with Crippen LogP contribution in [0.5, 0.6) is 0 Å². The number of thioether (sulfide) groups is 1. The van der Waals surface area contributed by atoms with Crippen LogP contribution >= 0.6 is 11.8 Å². The number of hydrogen-bond acceptors (Lipinski definition) is 6. The number of oxazole rings is 1. The summed E-state index contributed by atoms with van der Waals surface area (Å²) < 4.78 is 32.1. The summed E-state index contributed by atoms with van der Waals surface area (Å²) in [4.78, 5) is 8.70. The van der Waals surface area contributed by atoms with Crippen molar-refractivity contribution in [1.29, 1.82) is 0 Å². The fourth-order valence-electron chi connectivity index (χ4n) is 2.47. The van der Waals surface area contributed by atoms with Gasteiger partial charge in [-0.15, -0.1) is 0 Å². The lowest BCUT2D eigenvalue weighted by Crippen LogP contribution is -2.44. The second-order valence-electron chi connectivity index (χ2n) is 7.32. The third kappa shape index (κ3) is 7.00. The molecule has 0 saturated carbocycles. The number of nitrogens with zero attached hydrogens (tertiary/aromatic N) is 3. The minimum atomic E-state index is -3.23. The Labute approximate surface area is 166 Å².